The van der Waals surface area contributed by atoms with Gasteiger partial charge in [-0.2, -0.15) is 0 Å². The second-order valence-electron chi connectivity index (χ2n) is 6.89. The highest BCUT2D eigenvalue weighted by atomic mass is 16.5. The molecule has 2 amide bonds. The quantitative estimate of drug-likeness (QED) is 0.674. The number of rotatable bonds is 4. The Morgan fingerprint density at radius 3 is 2.25 bits per heavy atom. The molecule has 4 rings (SSSR count). The number of likely N-dealkylation sites (tertiary alicyclic amines) is 1. The lowest BCUT2D eigenvalue weighted by atomic mass is 9.81. The summed E-state index contributed by atoms with van der Waals surface area (Å²) < 4.78 is 4.66. The van der Waals surface area contributed by atoms with Crippen LogP contribution in [0, 0.1) is 23.7 Å². The van der Waals surface area contributed by atoms with Gasteiger partial charge < -0.3 is 10.1 Å². The zero-order valence-electron chi connectivity index (χ0n) is 13.5. The molecule has 24 heavy (non-hydrogen) atoms. The van der Waals surface area contributed by atoms with Crippen molar-refractivity contribution in [3.8, 4) is 0 Å². The van der Waals surface area contributed by atoms with Gasteiger partial charge in [-0.25, -0.2) is 4.79 Å². The molecule has 6 nitrogen and oxygen atoms in total. The molecule has 1 N–H and O–H groups in total. The Balaban J connectivity index is 1.42. The molecule has 1 aromatic rings. The molecule has 1 saturated heterocycles. The highest BCUT2D eigenvalue weighted by Gasteiger charge is 2.60. The first-order valence-corrected chi connectivity index (χ1v) is 8.37. The maximum atomic E-state index is 12.6. The van der Waals surface area contributed by atoms with Gasteiger partial charge in [0.25, 0.3) is 0 Å². The van der Waals surface area contributed by atoms with E-state index in [9.17, 15) is 14.4 Å². The van der Waals surface area contributed by atoms with Gasteiger partial charge in [-0.1, -0.05) is 0 Å². The minimum absolute atomic E-state index is 0.0177. The molecule has 1 aromatic carbocycles. The summed E-state index contributed by atoms with van der Waals surface area (Å²) in [5.74, 6) is 0.211. The van der Waals surface area contributed by atoms with Crippen LogP contribution in [-0.4, -0.2) is 36.5 Å². The van der Waals surface area contributed by atoms with Gasteiger partial charge in [0.05, 0.1) is 31.2 Å². The normalized spacial score (nSPS) is 30.6. The summed E-state index contributed by atoms with van der Waals surface area (Å²) in [6.45, 7) is 0.182. The van der Waals surface area contributed by atoms with Gasteiger partial charge >= 0.3 is 5.97 Å². The molecule has 1 aliphatic heterocycles. The largest absolute Gasteiger partial charge is 0.465 e. The van der Waals surface area contributed by atoms with Crippen LogP contribution in [0.5, 0.6) is 0 Å². The number of benzene rings is 1. The summed E-state index contributed by atoms with van der Waals surface area (Å²) in [6, 6.07) is 6.77. The number of imide groups is 1. The van der Waals surface area contributed by atoms with E-state index in [-0.39, 0.29) is 30.3 Å². The topological polar surface area (TPSA) is 75.7 Å². The van der Waals surface area contributed by atoms with Gasteiger partial charge in [-0.15, -0.1) is 0 Å². The highest BCUT2D eigenvalue weighted by molar-refractivity contribution is 6.06. The standard InChI is InChI=1S/C18H20N2O4/c1-24-18(23)10-4-6-13(7-5-10)19-9-20-16(21)14-11-2-3-12(8-11)15(14)17(20)22/h4-7,11-12,14-15,19H,2-3,8-9H2,1H3/t11-,12-,14-,15-/m0/s1. The van der Waals surface area contributed by atoms with Crippen molar-refractivity contribution in [2.75, 3.05) is 19.1 Å². The van der Waals surface area contributed by atoms with Crippen LogP contribution in [0.2, 0.25) is 0 Å². The SMILES string of the molecule is COC(=O)c1ccc(NCN2C(=O)[C@H]3[C@H]4CC[C@@H](C4)[C@@H]3C2=O)cc1. The molecule has 3 aliphatic rings. The van der Waals surface area contributed by atoms with E-state index in [1.807, 2.05) is 0 Å². The van der Waals surface area contributed by atoms with Crippen molar-refractivity contribution < 1.29 is 19.1 Å². The van der Waals surface area contributed by atoms with E-state index in [0.717, 1.165) is 24.9 Å². The fraction of sp³-hybridized carbons (Fsp3) is 0.500. The maximum absolute atomic E-state index is 12.6. The average molecular weight is 328 g/mol. The third-order valence-electron chi connectivity index (χ3n) is 5.77. The number of fused-ring (bicyclic) bond motifs is 5. The number of nitrogens with one attached hydrogen (secondary N) is 1. The molecular formula is C18H20N2O4. The number of hydrogen-bond acceptors (Lipinski definition) is 5. The van der Waals surface area contributed by atoms with Gasteiger partial charge in [-0.3, -0.25) is 14.5 Å². The van der Waals surface area contributed by atoms with Crippen molar-refractivity contribution in [3.63, 3.8) is 0 Å². The van der Waals surface area contributed by atoms with Gasteiger partial charge in [0.15, 0.2) is 0 Å². The lowest BCUT2D eigenvalue weighted by molar-refractivity contribution is -0.140. The first-order valence-electron chi connectivity index (χ1n) is 8.37. The predicted molar refractivity (Wildman–Crippen MR) is 85.9 cm³/mol. The summed E-state index contributed by atoms with van der Waals surface area (Å²) in [5.41, 5.74) is 1.21. The molecule has 0 spiro atoms. The van der Waals surface area contributed by atoms with E-state index in [0.29, 0.717) is 17.4 Å². The van der Waals surface area contributed by atoms with Gasteiger partial charge in [0.1, 0.15) is 0 Å². The predicted octanol–water partition coefficient (Wildman–Crippen LogP) is 1.87. The number of amides is 2. The Morgan fingerprint density at radius 2 is 1.71 bits per heavy atom. The lowest BCUT2D eigenvalue weighted by Gasteiger charge is -2.19. The van der Waals surface area contributed by atoms with E-state index in [1.54, 1.807) is 24.3 Å². The minimum Gasteiger partial charge on any atom is -0.465 e. The average Bonchev–Trinajstić information content (AvgIpc) is 3.28. The van der Waals surface area contributed by atoms with E-state index >= 15 is 0 Å². The number of ether oxygens (including phenoxy) is 1. The van der Waals surface area contributed by atoms with Crippen LogP contribution in [0.4, 0.5) is 5.69 Å². The molecule has 2 bridgehead atoms. The van der Waals surface area contributed by atoms with Crippen LogP contribution >= 0.6 is 0 Å². The second-order valence-corrected chi connectivity index (χ2v) is 6.89. The molecule has 6 heteroatoms. The van der Waals surface area contributed by atoms with Gasteiger partial charge in [-0.05, 0) is 55.4 Å². The molecule has 1 heterocycles. The molecule has 0 radical (unpaired) electrons. The minimum atomic E-state index is -0.394. The molecule has 2 aliphatic carbocycles. The number of esters is 1. The Bertz CT molecular complexity index is 671. The van der Waals surface area contributed by atoms with Crippen LogP contribution in [0.25, 0.3) is 0 Å². The third kappa shape index (κ3) is 2.20. The van der Waals surface area contributed by atoms with Crippen LogP contribution in [0.15, 0.2) is 24.3 Å². The number of carbonyl (C=O) groups excluding carboxylic acids is 3. The zero-order chi connectivity index (χ0) is 16.8. The van der Waals surface area contributed by atoms with Crippen LogP contribution in [0.3, 0.4) is 0 Å². The summed E-state index contributed by atoms with van der Waals surface area (Å²) in [6.07, 6.45) is 3.21. The van der Waals surface area contributed by atoms with E-state index in [1.165, 1.54) is 12.0 Å². The Labute approximate surface area is 140 Å². The van der Waals surface area contributed by atoms with Crippen molar-refractivity contribution in [2.24, 2.45) is 23.7 Å². The van der Waals surface area contributed by atoms with Crippen molar-refractivity contribution in [1.29, 1.82) is 0 Å². The van der Waals surface area contributed by atoms with Gasteiger partial charge in [0.2, 0.25) is 11.8 Å². The van der Waals surface area contributed by atoms with Crippen molar-refractivity contribution in [3.05, 3.63) is 29.8 Å². The van der Waals surface area contributed by atoms with E-state index in [2.05, 4.69) is 10.1 Å². The summed E-state index contributed by atoms with van der Waals surface area (Å²) >= 11 is 0. The third-order valence-corrected chi connectivity index (χ3v) is 5.77. The second kappa shape index (κ2) is 5.61. The molecule has 3 fully saturated rings. The maximum Gasteiger partial charge on any atom is 0.337 e. The Morgan fingerprint density at radius 1 is 1.12 bits per heavy atom. The van der Waals surface area contributed by atoms with Gasteiger partial charge in [0, 0.05) is 5.69 Å². The summed E-state index contributed by atoms with van der Waals surface area (Å²) in [5, 5.41) is 3.10. The Kier molecular flexibility index (Phi) is 3.55. The van der Waals surface area contributed by atoms with E-state index in [4.69, 9.17) is 0 Å². The Hall–Kier alpha value is -2.37. The number of anilines is 1. The molecule has 126 valence electrons. The number of nitrogens with zero attached hydrogens (tertiary/aromatic N) is 1. The highest BCUT2D eigenvalue weighted by Crippen LogP contribution is 2.55. The van der Waals surface area contributed by atoms with Crippen molar-refractivity contribution in [1.82, 2.24) is 4.90 Å². The monoisotopic (exact) mass is 328 g/mol. The first kappa shape index (κ1) is 15.2. The fourth-order valence-corrected chi connectivity index (χ4v) is 4.64. The molecule has 0 aromatic heterocycles. The molecule has 2 saturated carbocycles. The smallest absolute Gasteiger partial charge is 0.337 e. The number of carbonyl (C=O) groups is 3. The lowest BCUT2D eigenvalue weighted by Crippen LogP contribution is -2.36. The van der Waals surface area contributed by atoms with Crippen molar-refractivity contribution >= 4 is 23.5 Å². The van der Waals surface area contributed by atoms with Crippen LogP contribution in [0.1, 0.15) is 29.6 Å². The zero-order valence-corrected chi connectivity index (χ0v) is 13.5. The van der Waals surface area contributed by atoms with Crippen LogP contribution < -0.4 is 5.32 Å². The molecule has 4 atom stereocenters. The fourth-order valence-electron chi connectivity index (χ4n) is 4.64. The summed E-state index contributed by atoms with van der Waals surface area (Å²) in [7, 11) is 1.34. The van der Waals surface area contributed by atoms with Crippen molar-refractivity contribution in [2.45, 2.75) is 19.3 Å². The van der Waals surface area contributed by atoms with Crippen LogP contribution in [-0.2, 0) is 14.3 Å². The number of methoxy groups -OCH3 is 1. The molecular weight excluding hydrogens is 308 g/mol. The molecule has 0 unspecified atom stereocenters. The first-order chi connectivity index (χ1) is 11.6. The summed E-state index contributed by atoms with van der Waals surface area (Å²) in [4.78, 5) is 38.0. The van der Waals surface area contributed by atoms with E-state index < -0.39 is 5.97 Å². The number of hydrogen-bond donors (Lipinski definition) is 1.